The van der Waals surface area contributed by atoms with Gasteiger partial charge in [0, 0.05) is 13.1 Å². The molecule has 3 rings (SSSR count). The summed E-state index contributed by atoms with van der Waals surface area (Å²) in [6, 6.07) is 15.6. The SMILES string of the molecule is CC(NC(=O)N1CCC(O)(c2cccc(F)c2)CC1)c1ccccc1. The molecule has 25 heavy (non-hydrogen) atoms. The van der Waals surface area contributed by atoms with Crippen LogP contribution in [0.1, 0.15) is 36.9 Å². The van der Waals surface area contributed by atoms with Gasteiger partial charge in [0.25, 0.3) is 0 Å². The summed E-state index contributed by atoms with van der Waals surface area (Å²) < 4.78 is 13.4. The van der Waals surface area contributed by atoms with Gasteiger partial charge in [-0.2, -0.15) is 0 Å². The Morgan fingerprint density at radius 2 is 1.84 bits per heavy atom. The molecule has 1 unspecified atom stereocenters. The van der Waals surface area contributed by atoms with Crippen LogP contribution in [0.4, 0.5) is 9.18 Å². The Balaban J connectivity index is 1.59. The summed E-state index contributed by atoms with van der Waals surface area (Å²) in [5, 5.41) is 13.8. The average Bonchev–Trinajstić information content (AvgIpc) is 2.63. The second-order valence-electron chi connectivity index (χ2n) is 6.61. The maximum absolute atomic E-state index is 13.4. The maximum Gasteiger partial charge on any atom is 0.317 e. The van der Waals surface area contributed by atoms with E-state index in [1.165, 1.54) is 12.1 Å². The summed E-state index contributed by atoms with van der Waals surface area (Å²) in [6.07, 6.45) is 0.785. The highest BCUT2D eigenvalue weighted by Crippen LogP contribution is 2.33. The van der Waals surface area contributed by atoms with Gasteiger partial charge >= 0.3 is 6.03 Å². The Morgan fingerprint density at radius 1 is 1.16 bits per heavy atom. The number of carbonyl (C=O) groups is 1. The van der Waals surface area contributed by atoms with E-state index in [9.17, 15) is 14.3 Å². The van der Waals surface area contributed by atoms with Crippen LogP contribution < -0.4 is 5.32 Å². The first-order valence-electron chi connectivity index (χ1n) is 8.57. The molecule has 0 aromatic heterocycles. The molecule has 2 aromatic rings. The van der Waals surface area contributed by atoms with Gasteiger partial charge < -0.3 is 15.3 Å². The first kappa shape index (κ1) is 17.4. The van der Waals surface area contributed by atoms with Crippen LogP contribution in [0, 0.1) is 5.82 Å². The van der Waals surface area contributed by atoms with Gasteiger partial charge in [0.1, 0.15) is 5.82 Å². The number of urea groups is 1. The number of rotatable bonds is 3. The van der Waals surface area contributed by atoms with Gasteiger partial charge in [-0.1, -0.05) is 42.5 Å². The van der Waals surface area contributed by atoms with E-state index in [1.54, 1.807) is 17.0 Å². The number of likely N-dealkylation sites (tertiary alicyclic amines) is 1. The van der Waals surface area contributed by atoms with E-state index in [0.29, 0.717) is 31.5 Å². The number of amides is 2. The van der Waals surface area contributed by atoms with Crippen molar-refractivity contribution in [3.63, 3.8) is 0 Å². The van der Waals surface area contributed by atoms with E-state index in [-0.39, 0.29) is 17.9 Å². The number of carbonyl (C=O) groups excluding carboxylic acids is 1. The minimum atomic E-state index is -1.08. The van der Waals surface area contributed by atoms with Crippen LogP contribution in [0.2, 0.25) is 0 Å². The van der Waals surface area contributed by atoms with Gasteiger partial charge in [0.15, 0.2) is 0 Å². The monoisotopic (exact) mass is 342 g/mol. The largest absolute Gasteiger partial charge is 0.385 e. The molecule has 1 heterocycles. The molecule has 1 atom stereocenters. The number of piperidine rings is 1. The molecule has 1 aliphatic heterocycles. The van der Waals surface area contributed by atoms with Gasteiger partial charge in [0.05, 0.1) is 11.6 Å². The molecule has 2 amide bonds. The molecule has 0 radical (unpaired) electrons. The van der Waals surface area contributed by atoms with Crippen molar-refractivity contribution in [1.82, 2.24) is 10.2 Å². The van der Waals surface area contributed by atoms with Gasteiger partial charge in [-0.3, -0.25) is 0 Å². The second kappa shape index (κ2) is 7.23. The Morgan fingerprint density at radius 3 is 2.48 bits per heavy atom. The van der Waals surface area contributed by atoms with E-state index in [4.69, 9.17) is 0 Å². The van der Waals surface area contributed by atoms with Crippen molar-refractivity contribution in [3.8, 4) is 0 Å². The summed E-state index contributed by atoms with van der Waals surface area (Å²) in [7, 11) is 0. The van der Waals surface area contributed by atoms with Crippen molar-refractivity contribution >= 4 is 6.03 Å². The molecule has 1 saturated heterocycles. The van der Waals surface area contributed by atoms with E-state index in [2.05, 4.69) is 5.32 Å². The third-order valence-corrected chi connectivity index (χ3v) is 4.88. The molecule has 132 valence electrons. The lowest BCUT2D eigenvalue weighted by molar-refractivity contribution is -0.0171. The highest BCUT2D eigenvalue weighted by Gasteiger charge is 2.35. The summed E-state index contributed by atoms with van der Waals surface area (Å²) in [6.45, 7) is 2.81. The smallest absolute Gasteiger partial charge is 0.317 e. The van der Waals surface area contributed by atoms with Crippen LogP contribution >= 0.6 is 0 Å². The lowest BCUT2D eigenvalue weighted by atomic mass is 9.84. The molecule has 0 saturated carbocycles. The number of benzene rings is 2. The van der Waals surface area contributed by atoms with Crippen LogP contribution in [0.15, 0.2) is 54.6 Å². The standard InChI is InChI=1S/C20H23FN2O2/c1-15(16-6-3-2-4-7-16)22-19(24)23-12-10-20(25,11-13-23)17-8-5-9-18(21)14-17/h2-9,14-15,25H,10-13H2,1H3,(H,22,24). The minimum Gasteiger partial charge on any atom is -0.385 e. The molecular weight excluding hydrogens is 319 g/mol. The number of halogens is 1. The van der Waals surface area contributed by atoms with Crippen molar-refractivity contribution in [3.05, 3.63) is 71.5 Å². The van der Waals surface area contributed by atoms with E-state index < -0.39 is 5.60 Å². The first-order valence-corrected chi connectivity index (χ1v) is 8.57. The van der Waals surface area contributed by atoms with Gasteiger partial charge in [-0.15, -0.1) is 0 Å². The summed E-state index contributed by atoms with van der Waals surface area (Å²) >= 11 is 0. The van der Waals surface area contributed by atoms with Gasteiger partial charge in [-0.05, 0) is 43.0 Å². The second-order valence-corrected chi connectivity index (χ2v) is 6.61. The average molecular weight is 342 g/mol. The van der Waals surface area contributed by atoms with Crippen molar-refractivity contribution in [2.75, 3.05) is 13.1 Å². The van der Waals surface area contributed by atoms with Crippen molar-refractivity contribution in [1.29, 1.82) is 0 Å². The number of hydrogen-bond acceptors (Lipinski definition) is 2. The Kier molecular flexibility index (Phi) is 5.04. The Labute approximate surface area is 147 Å². The lowest BCUT2D eigenvalue weighted by Crippen LogP contribution is -2.49. The van der Waals surface area contributed by atoms with Gasteiger partial charge in [-0.25, -0.2) is 9.18 Å². The van der Waals surface area contributed by atoms with Crippen molar-refractivity contribution in [2.45, 2.75) is 31.4 Å². The minimum absolute atomic E-state index is 0.0854. The number of aliphatic hydroxyl groups is 1. The predicted molar refractivity (Wildman–Crippen MR) is 94.5 cm³/mol. The molecule has 1 aliphatic rings. The highest BCUT2D eigenvalue weighted by molar-refractivity contribution is 5.74. The zero-order chi connectivity index (χ0) is 17.9. The van der Waals surface area contributed by atoms with E-state index in [0.717, 1.165) is 5.56 Å². The molecule has 0 spiro atoms. The maximum atomic E-state index is 13.4. The molecule has 1 fully saturated rings. The fourth-order valence-electron chi connectivity index (χ4n) is 3.25. The van der Waals surface area contributed by atoms with E-state index >= 15 is 0 Å². The van der Waals surface area contributed by atoms with E-state index in [1.807, 2.05) is 37.3 Å². The zero-order valence-electron chi connectivity index (χ0n) is 14.3. The molecular formula is C20H23FN2O2. The van der Waals surface area contributed by atoms with Crippen LogP contribution in [0.5, 0.6) is 0 Å². The Bertz CT molecular complexity index is 727. The molecule has 0 bridgehead atoms. The van der Waals surface area contributed by atoms with Crippen LogP contribution in [-0.2, 0) is 5.60 Å². The van der Waals surface area contributed by atoms with Crippen LogP contribution in [-0.4, -0.2) is 29.1 Å². The molecule has 2 N–H and O–H groups in total. The summed E-state index contributed by atoms with van der Waals surface area (Å²) in [4.78, 5) is 14.2. The van der Waals surface area contributed by atoms with Crippen LogP contribution in [0.3, 0.4) is 0 Å². The number of nitrogens with one attached hydrogen (secondary N) is 1. The first-order chi connectivity index (χ1) is 12.0. The molecule has 2 aromatic carbocycles. The number of hydrogen-bond donors (Lipinski definition) is 2. The predicted octanol–water partition coefficient (Wildman–Crippen LogP) is 3.58. The normalized spacial score (nSPS) is 17.8. The highest BCUT2D eigenvalue weighted by atomic mass is 19.1. The summed E-state index contributed by atoms with van der Waals surface area (Å²) in [5.74, 6) is -0.359. The molecule has 5 heteroatoms. The quantitative estimate of drug-likeness (QED) is 0.896. The Hall–Kier alpha value is -2.40. The van der Waals surface area contributed by atoms with Crippen molar-refractivity contribution in [2.24, 2.45) is 0 Å². The fraction of sp³-hybridized carbons (Fsp3) is 0.350. The third kappa shape index (κ3) is 3.99. The topological polar surface area (TPSA) is 52.6 Å². The van der Waals surface area contributed by atoms with Crippen molar-refractivity contribution < 1.29 is 14.3 Å². The molecule has 0 aliphatic carbocycles. The zero-order valence-corrected chi connectivity index (χ0v) is 14.3. The van der Waals surface area contributed by atoms with Gasteiger partial charge in [0.2, 0.25) is 0 Å². The third-order valence-electron chi connectivity index (χ3n) is 4.88. The lowest BCUT2D eigenvalue weighted by Gasteiger charge is -2.38. The summed E-state index contributed by atoms with van der Waals surface area (Å²) in [5.41, 5.74) is 0.540. The number of nitrogens with zero attached hydrogens (tertiary/aromatic N) is 1. The molecule has 4 nitrogen and oxygen atoms in total. The fourth-order valence-corrected chi connectivity index (χ4v) is 3.25. The van der Waals surface area contributed by atoms with Crippen LogP contribution in [0.25, 0.3) is 0 Å².